The summed E-state index contributed by atoms with van der Waals surface area (Å²) in [5, 5.41) is 7.98. The van der Waals surface area contributed by atoms with E-state index in [1.165, 1.54) is 6.92 Å². The van der Waals surface area contributed by atoms with Gasteiger partial charge in [0.1, 0.15) is 12.1 Å². The van der Waals surface area contributed by atoms with Crippen LogP contribution in [0.5, 0.6) is 0 Å². The maximum absolute atomic E-state index is 13.0. The Hall–Kier alpha value is -3.68. The topological polar surface area (TPSA) is 108 Å². The third-order valence-electron chi connectivity index (χ3n) is 5.20. The molecular weight excluding hydrogens is 396 g/mol. The van der Waals surface area contributed by atoms with Gasteiger partial charge in [-0.25, -0.2) is 4.79 Å². The van der Waals surface area contributed by atoms with Crippen molar-refractivity contribution in [1.29, 1.82) is 0 Å². The van der Waals surface area contributed by atoms with Crippen LogP contribution in [0.25, 0.3) is 0 Å². The van der Waals surface area contributed by atoms with Crippen molar-refractivity contribution in [1.82, 2.24) is 10.2 Å². The number of carbonyl (C=O) groups is 4. The summed E-state index contributed by atoms with van der Waals surface area (Å²) in [7, 11) is 0. The lowest BCUT2D eigenvalue weighted by Crippen LogP contribution is -2.42. The number of nitrogens with one attached hydrogen (secondary N) is 3. The first-order valence-electron chi connectivity index (χ1n) is 10.0. The maximum atomic E-state index is 13.0. The van der Waals surface area contributed by atoms with Gasteiger partial charge in [-0.15, -0.1) is 0 Å². The Balaban J connectivity index is 1.71. The van der Waals surface area contributed by atoms with Crippen LogP contribution in [0.2, 0.25) is 0 Å². The average molecular weight is 422 g/mol. The zero-order valence-corrected chi connectivity index (χ0v) is 18.0. The zero-order chi connectivity index (χ0) is 22.8. The number of hydrogen-bond donors (Lipinski definition) is 3. The van der Waals surface area contributed by atoms with Gasteiger partial charge in [-0.3, -0.25) is 19.3 Å². The van der Waals surface area contributed by atoms with Crippen molar-refractivity contribution in [3.05, 3.63) is 59.7 Å². The number of imide groups is 1. The van der Waals surface area contributed by atoms with Crippen LogP contribution < -0.4 is 16.0 Å². The molecule has 162 valence electrons. The molecule has 0 aliphatic carbocycles. The average Bonchev–Trinajstić information content (AvgIpc) is 2.92. The molecule has 1 unspecified atom stereocenters. The molecule has 1 saturated heterocycles. The fourth-order valence-electron chi connectivity index (χ4n) is 3.46. The Morgan fingerprint density at radius 2 is 1.65 bits per heavy atom. The van der Waals surface area contributed by atoms with Gasteiger partial charge in [0, 0.05) is 18.3 Å². The molecule has 2 aromatic rings. The van der Waals surface area contributed by atoms with E-state index in [9.17, 15) is 19.2 Å². The van der Waals surface area contributed by atoms with Gasteiger partial charge in [0.2, 0.25) is 11.8 Å². The van der Waals surface area contributed by atoms with Crippen LogP contribution in [0.15, 0.2) is 48.5 Å². The van der Waals surface area contributed by atoms with Crippen LogP contribution in [-0.4, -0.2) is 35.2 Å². The minimum Gasteiger partial charge on any atom is -0.326 e. The minimum absolute atomic E-state index is 0.233. The predicted octanol–water partition coefficient (Wildman–Crippen LogP) is 3.17. The molecule has 0 saturated carbocycles. The Morgan fingerprint density at radius 1 is 1.03 bits per heavy atom. The largest absolute Gasteiger partial charge is 0.326 e. The second-order valence-electron chi connectivity index (χ2n) is 8.03. The Morgan fingerprint density at radius 3 is 2.23 bits per heavy atom. The molecular formula is C23H26N4O4. The Bertz CT molecular complexity index is 1030. The number of nitrogens with zero attached hydrogens (tertiary/aromatic N) is 1. The third-order valence-corrected chi connectivity index (χ3v) is 5.20. The van der Waals surface area contributed by atoms with Crippen LogP contribution in [0.4, 0.5) is 16.2 Å². The maximum Gasteiger partial charge on any atom is 0.325 e. The molecule has 0 bridgehead atoms. The predicted molar refractivity (Wildman–Crippen MR) is 118 cm³/mol. The van der Waals surface area contributed by atoms with Gasteiger partial charge >= 0.3 is 6.03 Å². The fraction of sp³-hybridized carbons (Fsp3) is 0.304. The van der Waals surface area contributed by atoms with E-state index in [0.29, 0.717) is 22.9 Å². The van der Waals surface area contributed by atoms with E-state index in [0.717, 1.165) is 10.5 Å². The summed E-state index contributed by atoms with van der Waals surface area (Å²) in [4.78, 5) is 50.1. The summed E-state index contributed by atoms with van der Waals surface area (Å²) in [6.45, 7) is 6.74. The van der Waals surface area contributed by atoms with E-state index in [-0.39, 0.29) is 5.91 Å². The quantitative estimate of drug-likeness (QED) is 0.622. The molecule has 1 aliphatic rings. The smallest absolute Gasteiger partial charge is 0.325 e. The van der Waals surface area contributed by atoms with Crippen molar-refractivity contribution in [3.63, 3.8) is 0 Å². The molecule has 0 radical (unpaired) electrons. The minimum atomic E-state index is -1.24. The summed E-state index contributed by atoms with van der Waals surface area (Å²) in [6.07, 6.45) is 0. The molecule has 31 heavy (non-hydrogen) atoms. The summed E-state index contributed by atoms with van der Waals surface area (Å²) in [5.41, 5.74) is 1.51. The van der Waals surface area contributed by atoms with Gasteiger partial charge in [0.15, 0.2) is 0 Å². The van der Waals surface area contributed by atoms with E-state index in [4.69, 9.17) is 0 Å². The molecule has 1 fully saturated rings. The highest BCUT2D eigenvalue weighted by atomic mass is 16.2. The number of amides is 5. The van der Waals surface area contributed by atoms with Gasteiger partial charge in [-0.1, -0.05) is 44.2 Å². The Labute approximate surface area is 181 Å². The standard InChI is InChI=1S/C23H26N4O4/c1-14(2)16-8-10-17(11-9-16)23(4)21(30)27(22(31)26-23)13-20(29)25-19-7-5-6-18(12-19)24-15(3)28/h5-12,14H,13H2,1-4H3,(H,24,28)(H,25,29)(H,26,31). The number of rotatable bonds is 6. The summed E-state index contributed by atoms with van der Waals surface area (Å²) in [5.74, 6) is -0.900. The van der Waals surface area contributed by atoms with Crippen LogP contribution in [0.3, 0.4) is 0 Å². The molecule has 1 heterocycles. The lowest BCUT2D eigenvalue weighted by Gasteiger charge is -2.22. The third kappa shape index (κ3) is 4.74. The second kappa shape index (κ2) is 8.59. The number of hydrogen-bond acceptors (Lipinski definition) is 4. The molecule has 3 rings (SSSR count). The van der Waals surface area contributed by atoms with Crippen molar-refractivity contribution in [3.8, 4) is 0 Å². The highest BCUT2D eigenvalue weighted by Crippen LogP contribution is 2.30. The SMILES string of the molecule is CC(=O)Nc1cccc(NC(=O)CN2C(=O)NC(C)(c3ccc(C(C)C)cc3)C2=O)c1. The lowest BCUT2D eigenvalue weighted by atomic mass is 9.90. The molecule has 1 atom stereocenters. The second-order valence-corrected chi connectivity index (χ2v) is 8.03. The van der Waals surface area contributed by atoms with E-state index in [1.54, 1.807) is 31.2 Å². The zero-order valence-electron chi connectivity index (χ0n) is 18.0. The molecule has 0 aromatic heterocycles. The first-order valence-corrected chi connectivity index (χ1v) is 10.0. The van der Waals surface area contributed by atoms with Crippen LogP contribution in [0.1, 0.15) is 44.7 Å². The molecule has 5 amide bonds. The highest BCUT2D eigenvalue weighted by Gasteiger charge is 2.49. The van der Waals surface area contributed by atoms with Gasteiger partial charge in [0.25, 0.3) is 5.91 Å². The first-order chi connectivity index (χ1) is 14.6. The van der Waals surface area contributed by atoms with E-state index in [1.807, 2.05) is 24.3 Å². The van der Waals surface area contributed by atoms with Crippen molar-refractivity contribution in [2.75, 3.05) is 17.2 Å². The van der Waals surface area contributed by atoms with Gasteiger partial charge < -0.3 is 16.0 Å². The summed E-state index contributed by atoms with van der Waals surface area (Å²) >= 11 is 0. The Kier molecular flexibility index (Phi) is 6.10. The summed E-state index contributed by atoms with van der Waals surface area (Å²) in [6, 6.07) is 13.5. The first kappa shape index (κ1) is 22.0. The van der Waals surface area contributed by atoms with E-state index < -0.39 is 29.9 Å². The molecule has 2 aromatic carbocycles. The molecule has 8 heteroatoms. The normalized spacial score (nSPS) is 18.2. The van der Waals surface area contributed by atoms with Gasteiger partial charge in [-0.2, -0.15) is 0 Å². The van der Waals surface area contributed by atoms with Gasteiger partial charge in [0.05, 0.1) is 0 Å². The van der Waals surface area contributed by atoms with Crippen LogP contribution >= 0.6 is 0 Å². The lowest BCUT2D eigenvalue weighted by molar-refractivity contribution is -0.133. The number of urea groups is 1. The van der Waals surface area contributed by atoms with Gasteiger partial charge in [-0.05, 0) is 42.2 Å². The van der Waals surface area contributed by atoms with Crippen molar-refractivity contribution < 1.29 is 19.2 Å². The fourth-order valence-corrected chi connectivity index (χ4v) is 3.46. The van der Waals surface area contributed by atoms with E-state index in [2.05, 4.69) is 29.8 Å². The molecule has 3 N–H and O–H groups in total. The van der Waals surface area contributed by atoms with Crippen molar-refractivity contribution in [2.45, 2.75) is 39.2 Å². The molecule has 0 spiro atoms. The number of benzene rings is 2. The van der Waals surface area contributed by atoms with Crippen molar-refractivity contribution in [2.24, 2.45) is 0 Å². The monoisotopic (exact) mass is 422 g/mol. The molecule has 1 aliphatic heterocycles. The van der Waals surface area contributed by atoms with Crippen LogP contribution in [0, 0.1) is 0 Å². The highest BCUT2D eigenvalue weighted by molar-refractivity contribution is 6.10. The summed E-state index contributed by atoms with van der Waals surface area (Å²) < 4.78 is 0. The molecule has 8 nitrogen and oxygen atoms in total. The van der Waals surface area contributed by atoms with E-state index >= 15 is 0 Å². The van der Waals surface area contributed by atoms with Crippen LogP contribution in [-0.2, 0) is 19.9 Å². The number of anilines is 2. The number of carbonyl (C=O) groups excluding carboxylic acids is 4. The van der Waals surface area contributed by atoms with Crippen molar-refractivity contribution >= 4 is 35.1 Å².